The predicted octanol–water partition coefficient (Wildman–Crippen LogP) is 0.335. The van der Waals surface area contributed by atoms with E-state index >= 15 is 0 Å². The number of H-pyrrole nitrogens is 1. The number of piperidine rings is 1. The molecule has 1 aromatic carbocycles. The van der Waals surface area contributed by atoms with Crippen molar-refractivity contribution in [3.8, 4) is 5.75 Å². The van der Waals surface area contributed by atoms with Crippen LogP contribution in [-0.4, -0.2) is 71.1 Å². The molecule has 1 unspecified atom stereocenters. The zero-order valence-electron chi connectivity index (χ0n) is 21.1. The Balaban J connectivity index is 1.40. The van der Waals surface area contributed by atoms with Gasteiger partial charge in [0.2, 0.25) is 17.7 Å². The molecule has 3 fully saturated rings. The normalized spacial score (nSPS) is 27.4. The number of nitrogens with two attached hydrogens (primary N) is 1. The van der Waals surface area contributed by atoms with Crippen molar-refractivity contribution >= 4 is 34.5 Å². The van der Waals surface area contributed by atoms with Gasteiger partial charge in [-0.2, -0.15) is 0 Å². The quantitative estimate of drug-likeness (QED) is 0.342. The van der Waals surface area contributed by atoms with Crippen LogP contribution in [-0.2, 0) is 14.4 Å². The van der Waals surface area contributed by atoms with E-state index in [9.17, 15) is 24.3 Å². The number of carbonyl (C=O) groups excluding carboxylic acids is 4. The van der Waals surface area contributed by atoms with Crippen molar-refractivity contribution in [2.75, 3.05) is 20.2 Å². The predicted molar refractivity (Wildman–Crippen MR) is 133 cm³/mol. The van der Waals surface area contributed by atoms with E-state index < -0.39 is 35.9 Å². The highest BCUT2D eigenvalue weighted by atomic mass is 16.5. The Hall–Kier alpha value is -3.60. The minimum atomic E-state index is -1.75. The maximum absolute atomic E-state index is 13.6. The third-order valence-electron chi connectivity index (χ3n) is 8.54. The van der Waals surface area contributed by atoms with Crippen LogP contribution in [0.4, 0.5) is 0 Å². The molecule has 0 spiro atoms. The third kappa shape index (κ3) is 4.20. The molecule has 3 heterocycles. The Labute approximate surface area is 214 Å². The molecule has 2 aliphatic heterocycles. The number of carbonyl (C=O) groups is 4. The average Bonchev–Trinajstić information content (AvgIpc) is 3.35. The smallest absolute Gasteiger partial charge is 0.271 e. The van der Waals surface area contributed by atoms with Gasteiger partial charge in [-0.15, -0.1) is 0 Å². The summed E-state index contributed by atoms with van der Waals surface area (Å²) in [5, 5.41) is 16.9. The first-order valence-corrected chi connectivity index (χ1v) is 12.6. The average molecular weight is 512 g/mol. The van der Waals surface area contributed by atoms with Gasteiger partial charge in [-0.25, -0.2) is 0 Å². The lowest BCUT2D eigenvalue weighted by atomic mass is 9.88. The van der Waals surface area contributed by atoms with Gasteiger partial charge in [0.15, 0.2) is 0 Å². The van der Waals surface area contributed by atoms with Crippen LogP contribution in [0.1, 0.15) is 37.2 Å². The largest absolute Gasteiger partial charge is 0.496 e. The number of methoxy groups -OCH3 is 1. The van der Waals surface area contributed by atoms with Gasteiger partial charge in [-0.3, -0.25) is 19.2 Å². The molecule has 6 atom stereocenters. The number of hydrogen-bond acceptors (Lipinski definition) is 6. The van der Waals surface area contributed by atoms with Crippen LogP contribution in [0.25, 0.3) is 10.9 Å². The van der Waals surface area contributed by atoms with Crippen LogP contribution in [0.5, 0.6) is 5.75 Å². The minimum absolute atomic E-state index is 0.0122. The van der Waals surface area contributed by atoms with Gasteiger partial charge in [0.1, 0.15) is 23.7 Å². The number of rotatable bonds is 8. The Bertz CT molecular complexity index is 1270. The second-order valence-electron chi connectivity index (χ2n) is 10.9. The number of aromatic amines is 1. The lowest BCUT2D eigenvalue weighted by Crippen LogP contribution is -2.55. The van der Waals surface area contributed by atoms with E-state index in [2.05, 4.69) is 29.5 Å². The van der Waals surface area contributed by atoms with Gasteiger partial charge in [-0.05, 0) is 42.4 Å². The van der Waals surface area contributed by atoms with E-state index in [1.54, 1.807) is 18.1 Å². The highest BCUT2D eigenvalue weighted by Crippen LogP contribution is 2.64. The maximum atomic E-state index is 13.6. The number of aliphatic hydroxyl groups is 1. The topological polar surface area (TPSA) is 167 Å². The molecule has 1 saturated carbocycles. The zero-order valence-corrected chi connectivity index (χ0v) is 21.1. The van der Waals surface area contributed by atoms with Crippen molar-refractivity contribution < 1.29 is 29.0 Å². The van der Waals surface area contributed by atoms with Crippen LogP contribution in [0.2, 0.25) is 0 Å². The molecule has 0 radical (unpaired) electrons. The summed E-state index contributed by atoms with van der Waals surface area (Å²) >= 11 is 0. The van der Waals surface area contributed by atoms with Gasteiger partial charge in [0, 0.05) is 35.8 Å². The Morgan fingerprint density at radius 1 is 1.32 bits per heavy atom. The fourth-order valence-electron chi connectivity index (χ4n) is 6.24. The summed E-state index contributed by atoms with van der Waals surface area (Å²) in [6, 6.07) is 7.24. The van der Waals surface area contributed by atoms with E-state index in [1.165, 1.54) is 0 Å². The van der Waals surface area contributed by atoms with E-state index in [0.717, 1.165) is 10.9 Å². The van der Waals surface area contributed by atoms with Gasteiger partial charge in [0.25, 0.3) is 5.91 Å². The van der Waals surface area contributed by atoms with Crippen molar-refractivity contribution in [1.82, 2.24) is 20.5 Å². The monoisotopic (exact) mass is 511 g/mol. The second-order valence-corrected chi connectivity index (χ2v) is 10.9. The molecular weight excluding hydrogens is 478 g/mol. The minimum Gasteiger partial charge on any atom is -0.496 e. The molecule has 2 aromatic rings. The van der Waals surface area contributed by atoms with Crippen LogP contribution in [0.3, 0.4) is 0 Å². The van der Waals surface area contributed by atoms with Crippen LogP contribution >= 0.6 is 0 Å². The molecule has 11 heteroatoms. The van der Waals surface area contributed by atoms with Crippen molar-refractivity contribution in [2.24, 2.45) is 34.8 Å². The van der Waals surface area contributed by atoms with Crippen LogP contribution in [0, 0.1) is 29.1 Å². The Morgan fingerprint density at radius 3 is 2.73 bits per heavy atom. The molecule has 5 rings (SSSR count). The number of fused-ring (bicyclic) bond motifs is 2. The molecule has 0 bridgehead atoms. The summed E-state index contributed by atoms with van der Waals surface area (Å²) < 4.78 is 5.41. The molecule has 4 amide bonds. The van der Waals surface area contributed by atoms with E-state index in [4.69, 9.17) is 10.5 Å². The standard InChI is InChI=1S/C26H33N5O6/c1-26(2)15-11-31(25(36)17-10-13-16(29-17)5-4-6-18(13)37-3)22(19(15)26)30-24(35)14(20(32)21(27)33)9-12-7-8-28-23(12)34/h4-6,10,12,14-15,19-20,22,29,32H,7-9,11H2,1-3H3,(H2,27,33)(H,28,34)(H,30,35)/t12-,14+,15+,19+,20?,22+/m1/s1. The maximum Gasteiger partial charge on any atom is 0.271 e. The molecular formula is C26H33N5O6. The zero-order chi connectivity index (χ0) is 26.6. The number of benzene rings is 1. The lowest BCUT2D eigenvalue weighted by molar-refractivity contribution is -0.140. The molecule has 2 saturated heterocycles. The molecule has 11 nitrogen and oxygen atoms in total. The van der Waals surface area contributed by atoms with Crippen molar-refractivity contribution in [1.29, 1.82) is 0 Å². The molecule has 1 aliphatic carbocycles. The summed E-state index contributed by atoms with van der Waals surface area (Å²) in [4.78, 5) is 55.8. The Morgan fingerprint density at radius 2 is 2.08 bits per heavy atom. The van der Waals surface area contributed by atoms with Gasteiger partial charge < -0.3 is 36.1 Å². The molecule has 37 heavy (non-hydrogen) atoms. The molecule has 198 valence electrons. The SMILES string of the molecule is COc1cccc2[nH]c(C(=O)N3C[C@H]4[C@@H]([C@H]3NC(=O)[C@@H](C[C@H]3CCNC3=O)C(O)C(N)=O)C4(C)C)cc12. The summed E-state index contributed by atoms with van der Waals surface area (Å²) in [6.07, 6.45) is -1.89. The van der Waals surface area contributed by atoms with E-state index in [-0.39, 0.29) is 35.5 Å². The fourth-order valence-corrected chi connectivity index (χ4v) is 6.24. The number of likely N-dealkylation sites (tertiary alicyclic amines) is 1. The molecule has 1 aromatic heterocycles. The highest BCUT2D eigenvalue weighted by molar-refractivity contribution is 6.00. The summed E-state index contributed by atoms with van der Waals surface area (Å²) in [6.45, 7) is 5.12. The summed E-state index contributed by atoms with van der Waals surface area (Å²) in [5.74, 6) is -2.98. The number of aromatic nitrogens is 1. The third-order valence-corrected chi connectivity index (χ3v) is 8.54. The number of hydrogen-bond donors (Lipinski definition) is 5. The number of nitrogens with one attached hydrogen (secondary N) is 3. The molecule has 6 N–H and O–H groups in total. The first-order chi connectivity index (χ1) is 17.5. The fraction of sp³-hybridized carbons (Fsp3) is 0.538. The summed E-state index contributed by atoms with van der Waals surface area (Å²) in [5.41, 5.74) is 6.38. The number of amides is 4. The van der Waals surface area contributed by atoms with Gasteiger partial charge in [-0.1, -0.05) is 19.9 Å². The first-order valence-electron chi connectivity index (χ1n) is 12.6. The number of ether oxygens (including phenoxy) is 1. The summed E-state index contributed by atoms with van der Waals surface area (Å²) in [7, 11) is 1.57. The van der Waals surface area contributed by atoms with E-state index in [1.807, 2.05) is 18.2 Å². The van der Waals surface area contributed by atoms with Gasteiger partial charge >= 0.3 is 0 Å². The Kier molecular flexibility index (Phi) is 6.13. The second kappa shape index (κ2) is 9.05. The van der Waals surface area contributed by atoms with Gasteiger partial charge in [0.05, 0.1) is 13.0 Å². The van der Waals surface area contributed by atoms with Crippen molar-refractivity contribution in [3.63, 3.8) is 0 Å². The first kappa shape index (κ1) is 25.1. The lowest BCUT2D eigenvalue weighted by Gasteiger charge is -2.33. The van der Waals surface area contributed by atoms with Crippen LogP contribution in [0.15, 0.2) is 24.3 Å². The van der Waals surface area contributed by atoms with E-state index in [0.29, 0.717) is 31.0 Å². The van der Waals surface area contributed by atoms with Crippen molar-refractivity contribution in [2.45, 2.75) is 39.0 Å². The number of nitrogens with zero attached hydrogens (tertiary/aromatic N) is 1. The van der Waals surface area contributed by atoms with Crippen molar-refractivity contribution in [3.05, 3.63) is 30.0 Å². The van der Waals surface area contributed by atoms with Crippen LogP contribution < -0.4 is 21.1 Å². The molecule has 3 aliphatic rings. The number of primary amides is 1. The highest BCUT2D eigenvalue weighted by Gasteiger charge is 2.68. The number of aliphatic hydroxyl groups excluding tert-OH is 1.